The first kappa shape index (κ1) is 14.9. The van der Waals surface area contributed by atoms with Crippen molar-refractivity contribution < 1.29 is 8.42 Å². The van der Waals surface area contributed by atoms with Crippen LogP contribution in [-0.2, 0) is 10.0 Å². The second-order valence-electron chi connectivity index (χ2n) is 3.79. The molecular weight excluding hydrogens is 212 g/mol. The smallest absolute Gasteiger partial charge is 0.215 e. The van der Waals surface area contributed by atoms with Crippen LogP contribution in [0.5, 0.6) is 0 Å². The molecule has 0 bridgehead atoms. The van der Waals surface area contributed by atoms with Crippen molar-refractivity contribution in [3.8, 4) is 0 Å². The lowest BCUT2D eigenvalue weighted by Gasteiger charge is -2.19. The highest BCUT2D eigenvalue weighted by molar-refractivity contribution is 7.90. The van der Waals surface area contributed by atoms with E-state index in [1.165, 1.54) is 0 Å². The van der Waals surface area contributed by atoms with Crippen molar-refractivity contribution in [1.29, 1.82) is 0 Å². The van der Waals surface area contributed by atoms with Crippen molar-refractivity contribution in [3.63, 3.8) is 0 Å². The van der Waals surface area contributed by atoms with Gasteiger partial charge in [-0.05, 0) is 26.3 Å². The first-order valence-corrected chi connectivity index (χ1v) is 7.24. The quantitative estimate of drug-likeness (QED) is 0.663. The van der Waals surface area contributed by atoms with Gasteiger partial charge < -0.3 is 5.32 Å². The van der Waals surface area contributed by atoms with E-state index in [1.54, 1.807) is 6.92 Å². The van der Waals surface area contributed by atoms with Crippen molar-refractivity contribution >= 4 is 10.0 Å². The molecule has 0 aliphatic carbocycles. The predicted octanol–water partition coefficient (Wildman–Crippen LogP) is 1.09. The molecule has 2 N–H and O–H groups in total. The van der Waals surface area contributed by atoms with Crippen molar-refractivity contribution in [2.45, 2.75) is 51.8 Å². The van der Waals surface area contributed by atoms with E-state index in [-0.39, 0.29) is 11.3 Å². The Morgan fingerprint density at radius 3 is 2.07 bits per heavy atom. The second kappa shape index (κ2) is 7.19. The van der Waals surface area contributed by atoms with Crippen LogP contribution in [0.4, 0.5) is 0 Å². The standard InChI is InChI=1S/C10H24N2O2S/c1-5-10(6-2)12-15(13,14)9(4)8-11-7-3/h9-12H,5-8H2,1-4H3. The highest BCUT2D eigenvalue weighted by Crippen LogP contribution is 2.03. The molecule has 0 aromatic rings. The molecule has 0 saturated carbocycles. The maximum Gasteiger partial charge on any atom is 0.215 e. The Kier molecular flexibility index (Phi) is 7.13. The fourth-order valence-electron chi connectivity index (χ4n) is 1.26. The van der Waals surface area contributed by atoms with Gasteiger partial charge in [-0.15, -0.1) is 0 Å². The van der Waals surface area contributed by atoms with Crippen molar-refractivity contribution in [3.05, 3.63) is 0 Å². The van der Waals surface area contributed by atoms with E-state index in [4.69, 9.17) is 0 Å². The summed E-state index contributed by atoms with van der Waals surface area (Å²) in [4.78, 5) is 0. The molecule has 0 spiro atoms. The van der Waals surface area contributed by atoms with Gasteiger partial charge in [-0.2, -0.15) is 0 Å². The van der Waals surface area contributed by atoms with Crippen LogP contribution < -0.4 is 10.0 Å². The Morgan fingerprint density at radius 1 is 1.13 bits per heavy atom. The van der Waals surface area contributed by atoms with Crippen LogP contribution in [0.15, 0.2) is 0 Å². The minimum Gasteiger partial charge on any atom is -0.316 e. The number of nitrogens with one attached hydrogen (secondary N) is 2. The van der Waals surface area contributed by atoms with Crippen molar-refractivity contribution in [1.82, 2.24) is 10.0 Å². The summed E-state index contributed by atoms with van der Waals surface area (Å²) >= 11 is 0. The SMILES string of the molecule is CCNCC(C)S(=O)(=O)NC(CC)CC. The Hall–Kier alpha value is -0.130. The highest BCUT2D eigenvalue weighted by atomic mass is 32.2. The fourth-order valence-corrected chi connectivity index (χ4v) is 2.63. The van der Waals surface area contributed by atoms with Crippen LogP contribution in [0, 0.1) is 0 Å². The lowest BCUT2D eigenvalue weighted by atomic mass is 10.2. The minimum atomic E-state index is -3.17. The lowest BCUT2D eigenvalue weighted by molar-refractivity contribution is 0.517. The van der Waals surface area contributed by atoms with Gasteiger partial charge >= 0.3 is 0 Å². The number of sulfonamides is 1. The highest BCUT2D eigenvalue weighted by Gasteiger charge is 2.22. The van der Waals surface area contributed by atoms with Gasteiger partial charge in [-0.25, -0.2) is 13.1 Å². The van der Waals surface area contributed by atoms with Gasteiger partial charge in [0.25, 0.3) is 0 Å². The van der Waals surface area contributed by atoms with Crippen LogP contribution in [0.1, 0.15) is 40.5 Å². The van der Waals surface area contributed by atoms with E-state index < -0.39 is 10.0 Å². The van der Waals surface area contributed by atoms with Crippen LogP contribution in [0.2, 0.25) is 0 Å². The number of hydrogen-bond donors (Lipinski definition) is 2. The second-order valence-corrected chi connectivity index (χ2v) is 5.93. The van der Waals surface area contributed by atoms with Crippen LogP contribution in [-0.4, -0.2) is 32.8 Å². The lowest BCUT2D eigenvalue weighted by Crippen LogP contribution is -2.43. The maximum absolute atomic E-state index is 11.8. The molecule has 4 nitrogen and oxygen atoms in total. The zero-order valence-electron chi connectivity index (χ0n) is 10.2. The van der Waals surface area contributed by atoms with E-state index in [2.05, 4.69) is 10.0 Å². The van der Waals surface area contributed by atoms with Crippen LogP contribution in [0.3, 0.4) is 0 Å². The van der Waals surface area contributed by atoms with E-state index in [0.29, 0.717) is 6.54 Å². The average Bonchev–Trinajstić information content (AvgIpc) is 2.22. The number of rotatable bonds is 8. The van der Waals surface area contributed by atoms with Gasteiger partial charge in [-0.3, -0.25) is 0 Å². The summed E-state index contributed by atoms with van der Waals surface area (Å²) in [5, 5.41) is 2.67. The molecule has 0 fully saturated rings. The largest absolute Gasteiger partial charge is 0.316 e. The van der Waals surface area contributed by atoms with Gasteiger partial charge in [0, 0.05) is 12.6 Å². The Bertz CT molecular complexity index is 248. The molecule has 0 aromatic carbocycles. The zero-order chi connectivity index (χ0) is 11.9. The third-order valence-corrected chi connectivity index (χ3v) is 4.42. The Morgan fingerprint density at radius 2 is 1.67 bits per heavy atom. The molecule has 5 heteroatoms. The third-order valence-electron chi connectivity index (χ3n) is 2.53. The Balaban J connectivity index is 4.27. The summed E-state index contributed by atoms with van der Waals surface area (Å²) in [6, 6.07) is 0.0686. The van der Waals surface area contributed by atoms with Gasteiger partial charge in [0.05, 0.1) is 5.25 Å². The van der Waals surface area contributed by atoms with Crippen molar-refractivity contribution in [2.24, 2.45) is 0 Å². The summed E-state index contributed by atoms with van der Waals surface area (Å²) in [5.74, 6) is 0. The Labute approximate surface area is 93.9 Å². The summed E-state index contributed by atoms with van der Waals surface area (Å²) in [7, 11) is -3.17. The van der Waals surface area contributed by atoms with E-state index in [1.807, 2.05) is 20.8 Å². The molecule has 0 amide bonds. The molecule has 92 valence electrons. The maximum atomic E-state index is 11.8. The topological polar surface area (TPSA) is 58.2 Å². The predicted molar refractivity (Wildman–Crippen MR) is 64.4 cm³/mol. The van der Waals surface area contributed by atoms with Gasteiger partial charge in [0.2, 0.25) is 10.0 Å². The summed E-state index contributed by atoms with van der Waals surface area (Å²) in [6.07, 6.45) is 1.67. The summed E-state index contributed by atoms with van der Waals surface area (Å²) < 4.78 is 26.4. The van der Waals surface area contributed by atoms with Crippen LogP contribution >= 0.6 is 0 Å². The molecular formula is C10H24N2O2S. The molecule has 0 rings (SSSR count). The van der Waals surface area contributed by atoms with E-state index >= 15 is 0 Å². The van der Waals surface area contributed by atoms with E-state index in [9.17, 15) is 8.42 Å². The molecule has 0 aromatic heterocycles. The average molecular weight is 236 g/mol. The normalized spacial score (nSPS) is 14.5. The third kappa shape index (κ3) is 5.49. The molecule has 0 radical (unpaired) electrons. The molecule has 0 saturated heterocycles. The number of hydrogen-bond acceptors (Lipinski definition) is 3. The first-order valence-electron chi connectivity index (χ1n) is 5.69. The fraction of sp³-hybridized carbons (Fsp3) is 1.00. The zero-order valence-corrected chi connectivity index (χ0v) is 11.0. The molecule has 0 aliphatic heterocycles. The molecule has 15 heavy (non-hydrogen) atoms. The molecule has 1 unspecified atom stereocenters. The van der Waals surface area contributed by atoms with Gasteiger partial charge in [-0.1, -0.05) is 20.8 Å². The molecule has 1 atom stereocenters. The van der Waals surface area contributed by atoms with Crippen LogP contribution in [0.25, 0.3) is 0 Å². The van der Waals surface area contributed by atoms with E-state index in [0.717, 1.165) is 19.4 Å². The van der Waals surface area contributed by atoms with Gasteiger partial charge in [0.1, 0.15) is 0 Å². The molecule has 0 aliphatic rings. The monoisotopic (exact) mass is 236 g/mol. The van der Waals surface area contributed by atoms with Crippen molar-refractivity contribution in [2.75, 3.05) is 13.1 Å². The summed E-state index contributed by atoms with van der Waals surface area (Å²) in [6.45, 7) is 8.98. The summed E-state index contributed by atoms with van der Waals surface area (Å²) in [5.41, 5.74) is 0. The first-order chi connectivity index (χ1) is 6.97. The minimum absolute atomic E-state index is 0.0686. The van der Waals surface area contributed by atoms with Gasteiger partial charge in [0.15, 0.2) is 0 Å². The molecule has 0 heterocycles.